The Labute approximate surface area is 121 Å². The number of hydrogen-bond acceptors (Lipinski definition) is 3. The number of anilines is 1. The molecule has 1 aromatic carbocycles. The average molecular weight is 282 g/mol. The van der Waals surface area contributed by atoms with Crippen molar-refractivity contribution in [3.05, 3.63) is 29.6 Å². The summed E-state index contributed by atoms with van der Waals surface area (Å²) in [6, 6.07) is 5.01. The van der Waals surface area contributed by atoms with Crippen molar-refractivity contribution in [3.63, 3.8) is 0 Å². The lowest BCUT2D eigenvalue weighted by molar-refractivity contribution is 0.187. The van der Waals surface area contributed by atoms with Gasteiger partial charge in [0.25, 0.3) is 0 Å². The number of nitrogens with one attached hydrogen (secondary N) is 1. The lowest BCUT2D eigenvalue weighted by Gasteiger charge is -2.26. The van der Waals surface area contributed by atoms with E-state index < -0.39 is 0 Å². The average Bonchev–Trinajstić information content (AvgIpc) is 2.41. The van der Waals surface area contributed by atoms with Crippen LogP contribution < -0.4 is 10.2 Å². The monoisotopic (exact) mass is 282 g/mol. The molecule has 0 fully saturated rings. The van der Waals surface area contributed by atoms with Gasteiger partial charge in [0.15, 0.2) is 0 Å². The fraction of sp³-hybridized carbons (Fsp3) is 0.625. The van der Waals surface area contributed by atoms with E-state index in [1.54, 1.807) is 13.0 Å². The fourth-order valence-corrected chi connectivity index (χ4v) is 2.19. The van der Waals surface area contributed by atoms with Gasteiger partial charge in [0, 0.05) is 25.3 Å². The van der Waals surface area contributed by atoms with E-state index in [9.17, 15) is 9.50 Å². The maximum absolute atomic E-state index is 13.5. The van der Waals surface area contributed by atoms with Crippen LogP contribution in [0.2, 0.25) is 0 Å². The summed E-state index contributed by atoms with van der Waals surface area (Å²) in [4.78, 5) is 2.08. The predicted molar refractivity (Wildman–Crippen MR) is 82.7 cm³/mol. The third-order valence-electron chi connectivity index (χ3n) is 3.45. The van der Waals surface area contributed by atoms with Gasteiger partial charge < -0.3 is 15.3 Å². The van der Waals surface area contributed by atoms with Crippen LogP contribution >= 0.6 is 0 Å². The Hall–Kier alpha value is -1.13. The normalized spacial score (nSPS) is 14.1. The van der Waals surface area contributed by atoms with Crippen molar-refractivity contribution in [2.24, 2.45) is 0 Å². The van der Waals surface area contributed by atoms with Crippen LogP contribution in [0.25, 0.3) is 0 Å². The number of hydrogen-bond donors (Lipinski definition) is 2. The van der Waals surface area contributed by atoms with Crippen LogP contribution in [0.15, 0.2) is 18.2 Å². The molecule has 0 heterocycles. The fourth-order valence-electron chi connectivity index (χ4n) is 2.19. The van der Waals surface area contributed by atoms with E-state index in [1.807, 2.05) is 13.1 Å². The second kappa shape index (κ2) is 8.22. The van der Waals surface area contributed by atoms with Gasteiger partial charge in [-0.05, 0) is 57.0 Å². The first-order chi connectivity index (χ1) is 9.45. The first kappa shape index (κ1) is 16.9. The highest BCUT2D eigenvalue weighted by Gasteiger charge is 2.14. The molecule has 3 nitrogen and oxygen atoms in total. The molecule has 0 radical (unpaired) electrons. The molecule has 0 aromatic heterocycles. The highest BCUT2D eigenvalue weighted by molar-refractivity contribution is 5.54. The summed E-state index contributed by atoms with van der Waals surface area (Å²) in [6.07, 6.45) is 1.42. The quantitative estimate of drug-likeness (QED) is 0.769. The molecule has 1 aromatic rings. The second-order valence-electron chi connectivity index (χ2n) is 5.44. The third kappa shape index (κ3) is 5.10. The molecule has 4 heteroatoms. The minimum absolute atomic E-state index is 0.106. The van der Waals surface area contributed by atoms with Gasteiger partial charge in [0.2, 0.25) is 0 Å². The molecular formula is C16H27FN2O. The van der Waals surface area contributed by atoms with Crippen molar-refractivity contribution in [2.75, 3.05) is 25.0 Å². The van der Waals surface area contributed by atoms with Gasteiger partial charge in [-0.25, -0.2) is 4.39 Å². The largest absolute Gasteiger partial charge is 0.393 e. The highest BCUT2D eigenvalue weighted by Crippen LogP contribution is 2.27. The molecule has 114 valence electrons. The molecule has 0 aliphatic heterocycles. The molecule has 0 amide bonds. The van der Waals surface area contributed by atoms with Crippen LogP contribution in [0.4, 0.5) is 10.1 Å². The third-order valence-corrected chi connectivity index (χ3v) is 3.45. The Morgan fingerprint density at radius 1 is 1.35 bits per heavy atom. The molecule has 2 N–H and O–H groups in total. The Bertz CT molecular complexity index is 409. The summed E-state index contributed by atoms with van der Waals surface area (Å²) in [7, 11) is 1.98. The smallest absolute Gasteiger partial charge is 0.123 e. The number of halogens is 1. The lowest BCUT2D eigenvalue weighted by atomic mass is 10.0. The summed E-state index contributed by atoms with van der Waals surface area (Å²) >= 11 is 0. The molecule has 1 rings (SSSR count). The molecule has 2 atom stereocenters. The van der Waals surface area contributed by atoms with E-state index in [4.69, 9.17) is 0 Å². The van der Waals surface area contributed by atoms with E-state index in [-0.39, 0.29) is 18.0 Å². The maximum Gasteiger partial charge on any atom is 0.123 e. The Kier molecular flexibility index (Phi) is 6.96. The van der Waals surface area contributed by atoms with Crippen LogP contribution in [0.5, 0.6) is 0 Å². The van der Waals surface area contributed by atoms with E-state index in [0.29, 0.717) is 6.42 Å². The molecule has 0 bridgehead atoms. The van der Waals surface area contributed by atoms with Gasteiger partial charge in [0.05, 0.1) is 6.10 Å². The van der Waals surface area contributed by atoms with Crippen LogP contribution in [0.1, 0.15) is 45.2 Å². The molecule has 2 unspecified atom stereocenters. The standard InChI is InChI=1S/C16H27FN2O/c1-5-9-18-13(3)15-11-14(17)6-7-16(15)19(4)10-8-12(2)20/h6-7,11-13,18,20H,5,8-10H2,1-4H3. The van der Waals surface area contributed by atoms with Crippen molar-refractivity contribution in [1.29, 1.82) is 0 Å². The van der Waals surface area contributed by atoms with Crippen LogP contribution in [0, 0.1) is 5.82 Å². The van der Waals surface area contributed by atoms with Gasteiger partial charge in [-0.1, -0.05) is 6.92 Å². The number of rotatable bonds is 8. The summed E-state index contributed by atoms with van der Waals surface area (Å²) in [5, 5.41) is 12.8. The summed E-state index contributed by atoms with van der Waals surface area (Å²) in [6.45, 7) is 7.60. The van der Waals surface area contributed by atoms with Gasteiger partial charge in [-0.15, -0.1) is 0 Å². The van der Waals surface area contributed by atoms with Gasteiger partial charge in [-0.2, -0.15) is 0 Å². The second-order valence-corrected chi connectivity index (χ2v) is 5.44. The molecule has 0 aliphatic rings. The molecule has 0 saturated heterocycles. The maximum atomic E-state index is 13.5. The Morgan fingerprint density at radius 2 is 2.05 bits per heavy atom. The summed E-state index contributed by atoms with van der Waals surface area (Å²) in [5.41, 5.74) is 1.98. The van der Waals surface area contributed by atoms with Crippen molar-refractivity contribution >= 4 is 5.69 Å². The predicted octanol–water partition coefficient (Wildman–Crippen LogP) is 3.09. The van der Waals surface area contributed by atoms with Crippen molar-refractivity contribution < 1.29 is 9.50 Å². The zero-order chi connectivity index (χ0) is 15.1. The molecule has 20 heavy (non-hydrogen) atoms. The number of aliphatic hydroxyl groups is 1. The molecular weight excluding hydrogens is 255 g/mol. The molecule has 0 spiro atoms. The first-order valence-electron chi connectivity index (χ1n) is 7.37. The zero-order valence-corrected chi connectivity index (χ0v) is 13.0. The highest BCUT2D eigenvalue weighted by atomic mass is 19.1. The van der Waals surface area contributed by atoms with E-state index in [0.717, 1.165) is 30.8 Å². The number of nitrogens with zero attached hydrogens (tertiary/aromatic N) is 1. The van der Waals surface area contributed by atoms with Crippen molar-refractivity contribution in [2.45, 2.75) is 45.8 Å². The van der Waals surface area contributed by atoms with Gasteiger partial charge in [-0.3, -0.25) is 0 Å². The minimum atomic E-state index is -0.322. The van der Waals surface area contributed by atoms with Gasteiger partial charge >= 0.3 is 0 Å². The number of benzene rings is 1. The van der Waals surface area contributed by atoms with Crippen LogP contribution in [0.3, 0.4) is 0 Å². The minimum Gasteiger partial charge on any atom is -0.393 e. The topological polar surface area (TPSA) is 35.5 Å². The van der Waals surface area contributed by atoms with Crippen LogP contribution in [-0.4, -0.2) is 31.3 Å². The van der Waals surface area contributed by atoms with Gasteiger partial charge in [0.1, 0.15) is 5.82 Å². The summed E-state index contributed by atoms with van der Waals surface area (Å²) in [5.74, 6) is -0.210. The SMILES string of the molecule is CCCNC(C)c1cc(F)ccc1N(C)CCC(C)O. The zero-order valence-electron chi connectivity index (χ0n) is 13.0. The Balaban J connectivity index is 2.88. The molecule has 0 saturated carbocycles. The first-order valence-corrected chi connectivity index (χ1v) is 7.37. The van der Waals surface area contributed by atoms with Crippen molar-refractivity contribution in [1.82, 2.24) is 5.32 Å². The van der Waals surface area contributed by atoms with E-state index >= 15 is 0 Å². The number of aliphatic hydroxyl groups excluding tert-OH is 1. The van der Waals surface area contributed by atoms with Crippen LogP contribution in [-0.2, 0) is 0 Å². The van der Waals surface area contributed by atoms with Crippen molar-refractivity contribution in [3.8, 4) is 0 Å². The van der Waals surface area contributed by atoms with E-state index in [1.165, 1.54) is 6.07 Å². The van der Waals surface area contributed by atoms with E-state index in [2.05, 4.69) is 24.1 Å². The molecule has 0 aliphatic carbocycles. The lowest BCUT2D eigenvalue weighted by Crippen LogP contribution is -2.26. The Morgan fingerprint density at radius 3 is 2.65 bits per heavy atom. The summed E-state index contributed by atoms with van der Waals surface area (Å²) < 4.78 is 13.5.